The van der Waals surface area contributed by atoms with Crippen molar-refractivity contribution in [2.45, 2.75) is 44.6 Å². The summed E-state index contributed by atoms with van der Waals surface area (Å²) in [7, 11) is 4.16. The maximum atomic E-state index is 13.8. The molecule has 0 saturated heterocycles. The molecule has 3 aromatic carbocycles. The number of aromatic nitrogens is 2. The minimum absolute atomic E-state index is 0.201. The first-order valence-corrected chi connectivity index (χ1v) is 13.7. The summed E-state index contributed by atoms with van der Waals surface area (Å²) in [6.07, 6.45) is 6.06. The third-order valence-corrected chi connectivity index (χ3v) is 8.12. The van der Waals surface area contributed by atoms with Crippen LogP contribution in [-0.4, -0.2) is 41.6 Å². The molecule has 6 rings (SSSR count). The molecule has 5 nitrogen and oxygen atoms in total. The standard InChI is InChI=1S/C33H36N4O/c1-22(2)17-18-37-31-8-6-5-7-27(31)33(32(37)38)20-28(33)25-14-15-26-29(34-35-30(26)19-25)16-13-23-9-11-24(12-10-23)21-36(3)4/h5-16,19,22,28H,17-18,20-21H2,1-4H3,(H,34,35)/b16-13+/t28-,33?/m0/s1. The largest absolute Gasteiger partial charge is 0.311 e. The summed E-state index contributed by atoms with van der Waals surface area (Å²) in [5, 5.41) is 8.91. The Morgan fingerprint density at radius 1 is 1.08 bits per heavy atom. The molecule has 1 fully saturated rings. The van der Waals surface area contributed by atoms with Crippen LogP contribution >= 0.6 is 0 Å². The Kier molecular flexibility index (Phi) is 6.19. The predicted octanol–water partition coefficient (Wildman–Crippen LogP) is 6.61. The monoisotopic (exact) mass is 504 g/mol. The zero-order valence-corrected chi connectivity index (χ0v) is 22.7. The van der Waals surface area contributed by atoms with Gasteiger partial charge in [0.25, 0.3) is 0 Å². The van der Waals surface area contributed by atoms with Gasteiger partial charge in [0.2, 0.25) is 5.91 Å². The van der Waals surface area contributed by atoms with Crippen molar-refractivity contribution < 1.29 is 4.79 Å². The van der Waals surface area contributed by atoms with E-state index in [1.165, 1.54) is 16.7 Å². The van der Waals surface area contributed by atoms with E-state index in [9.17, 15) is 4.79 Å². The number of hydrogen-bond donors (Lipinski definition) is 1. The van der Waals surface area contributed by atoms with Crippen molar-refractivity contribution in [3.8, 4) is 0 Å². The summed E-state index contributed by atoms with van der Waals surface area (Å²) >= 11 is 0. The van der Waals surface area contributed by atoms with Crippen molar-refractivity contribution >= 4 is 34.6 Å². The molecule has 1 N–H and O–H groups in total. The highest BCUT2D eigenvalue weighted by Crippen LogP contribution is 2.66. The Balaban J connectivity index is 1.23. The van der Waals surface area contributed by atoms with Gasteiger partial charge in [-0.3, -0.25) is 9.89 Å². The summed E-state index contributed by atoms with van der Waals surface area (Å²) in [6, 6.07) is 23.6. The number of para-hydroxylation sites is 1. The van der Waals surface area contributed by atoms with E-state index in [1.54, 1.807) is 0 Å². The van der Waals surface area contributed by atoms with E-state index in [1.807, 2.05) is 4.90 Å². The molecule has 1 aromatic heterocycles. The average molecular weight is 505 g/mol. The number of benzene rings is 3. The lowest BCUT2D eigenvalue weighted by molar-refractivity contribution is -0.120. The molecule has 5 heteroatoms. The maximum Gasteiger partial charge on any atom is 0.238 e. The number of carbonyl (C=O) groups is 1. The van der Waals surface area contributed by atoms with Gasteiger partial charge >= 0.3 is 0 Å². The second-order valence-electron chi connectivity index (χ2n) is 11.6. The van der Waals surface area contributed by atoms with Crippen molar-refractivity contribution in [3.63, 3.8) is 0 Å². The molecule has 1 saturated carbocycles. The van der Waals surface area contributed by atoms with E-state index < -0.39 is 5.41 Å². The molecule has 1 aliphatic carbocycles. The van der Waals surface area contributed by atoms with Crippen LogP contribution in [0.15, 0.2) is 66.7 Å². The minimum atomic E-state index is -0.414. The number of amides is 1. The summed E-state index contributed by atoms with van der Waals surface area (Å²) in [6.45, 7) is 6.15. The molecule has 1 aliphatic heterocycles. The highest BCUT2D eigenvalue weighted by Gasteiger charge is 2.67. The Labute approximate surface area is 225 Å². The van der Waals surface area contributed by atoms with Gasteiger partial charge in [-0.25, -0.2) is 0 Å². The molecule has 4 aromatic rings. The fourth-order valence-electron chi connectivity index (χ4n) is 6.04. The van der Waals surface area contributed by atoms with E-state index in [0.717, 1.165) is 53.8 Å². The molecule has 1 unspecified atom stereocenters. The third-order valence-electron chi connectivity index (χ3n) is 8.12. The lowest BCUT2D eigenvalue weighted by Gasteiger charge is -2.19. The summed E-state index contributed by atoms with van der Waals surface area (Å²) in [4.78, 5) is 18.0. The lowest BCUT2D eigenvalue weighted by atomic mass is 9.92. The van der Waals surface area contributed by atoms with E-state index in [4.69, 9.17) is 0 Å². The molecule has 0 radical (unpaired) electrons. The van der Waals surface area contributed by atoms with Crippen LogP contribution in [0.5, 0.6) is 0 Å². The van der Waals surface area contributed by atoms with Gasteiger partial charge in [0.15, 0.2) is 0 Å². The molecule has 0 bridgehead atoms. The van der Waals surface area contributed by atoms with E-state index >= 15 is 0 Å². The van der Waals surface area contributed by atoms with Gasteiger partial charge in [0, 0.05) is 30.1 Å². The molecule has 194 valence electrons. The molecule has 2 aliphatic rings. The number of aromatic amines is 1. The van der Waals surface area contributed by atoms with Crippen LogP contribution in [-0.2, 0) is 16.8 Å². The second-order valence-corrected chi connectivity index (χ2v) is 11.6. The molecule has 38 heavy (non-hydrogen) atoms. The van der Waals surface area contributed by atoms with Crippen LogP contribution in [0.3, 0.4) is 0 Å². The zero-order chi connectivity index (χ0) is 26.4. The Bertz CT molecular complexity index is 1510. The minimum Gasteiger partial charge on any atom is -0.311 e. The Hall–Kier alpha value is -3.70. The Morgan fingerprint density at radius 2 is 1.87 bits per heavy atom. The zero-order valence-electron chi connectivity index (χ0n) is 22.7. The number of rotatable bonds is 8. The normalized spacial score (nSPS) is 20.5. The van der Waals surface area contributed by atoms with Crippen molar-refractivity contribution in [1.82, 2.24) is 15.1 Å². The average Bonchev–Trinajstić information content (AvgIpc) is 3.46. The number of carbonyl (C=O) groups excluding carboxylic acids is 1. The molecule has 2 atom stereocenters. The first kappa shape index (κ1) is 24.6. The highest BCUT2D eigenvalue weighted by molar-refractivity contribution is 6.11. The number of fused-ring (bicyclic) bond motifs is 3. The van der Waals surface area contributed by atoms with Crippen LogP contribution in [0.1, 0.15) is 60.6 Å². The molecule has 1 amide bonds. The second kappa shape index (κ2) is 9.55. The molecular weight excluding hydrogens is 468 g/mol. The van der Waals surface area contributed by atoms with Crippen molar-refractivity contribution in [2.75, 3.05) is 25.5 Å². The summed E-state index contributed by atoms with van der Waals surface area (Å²) < 4.78 is 0. The number of anilines is 1. The van der Waals surface area contributed by atoms with E-state index in [0.29, 0.717) is 5.92 Å². The fraction of sp³-hybridized carbons (Fsp3) is 0.333. The Morgan fingerprint density at radius 3 is 2.63 bits per heavy atom. The summed E-state index contributed by atoms with van der Waals surface area (Å²) in [5.74, 6) is 1.04. The number of hydrogen-bond acceptors (Lipinski definition) is 3. The first-order valence-electron chi connectivity index (χ1n) is 13.7. The van der Waals surface area contributed by atoms with Gasteiger partial charge < -0.3 is 9.80 Å². The van der Waals surface area contributed by atoms with Crippen molar-refractivity contribution in [1.29, 1.82) is 0 Å². The molecule has 1 spiro atoms. The fourth-order valence-corrected chi connectivity index (χ4v) is 6.04. The molecular formula is C33H36N4O. The van der Waals surface area contributed by atoms with Crippen molar-refractivity contribution in [3.05, 3.63) is 94.7 Å². The van der Waals surface area contributed by atoms with E-state index in [2.05, 4.69) is 122 Å². The number of nitrogens with zero attached hydrogens (tertiary/aromatic N) is 3. The van der Waals surface area contributed by atoms with Crippen LogP contribution < -0.4 is 4.90 Å². The molecule has 2 heterocycles. The SMILES string of the molecule is CC(C)CCN1C(=O)C2(C[C@H]2c2ccc3c(/C=C/c4ccc(CN(C)C)cc4)n[nH]c3c2)c2ccccc21. The van der Waals surface area contributed by atoms with E-state index in [-0.39, 0.29) is 11.8 Å². The van der Waals surface area contributed by atoms with Gasteiger partial charge in [-0.1, -0.05) is 74.5 Å². The maximum absolute atomic E-state index is 13.8. The van der Waals surface area contributed by atoms with Crippen LogP contribution in [0.2, 0.25) is 0 Å². The van der Waals surface area contributed by atoms with Gasteiger partial charge in [-0.15, -0.1) is 0 Å². The van der Waals surface area contributed by atoms with Gasteiger partial charge in [-0.05, 0) is 73.3 Å². The predicted molar refractivity (Wildman–Crippen MR) is 156 cm³/mol. The number of H-pyrrole nitrogens is 1. The van der Waals surface area contributed by atoms with Crippen LogP contribution in [0.25, 0.3) is 23.1 Å². The first-order chi connectivity index (χ1) is 18.4. The van der Waals surface area contributed by atoms with Crippen LogP contribution in [0.4, 0.5) is 5.69 Å². The quantitative estimate of drug-likeness (QED) is 0.294. The van der Waals surface area contributed by atoms with Gasteiger partial charge in [0.05, 0.1) is 16.6 Å². The third kappa shape index (κ3) is 4.25. The number of nitrogens with one attached hydrogen (secondary N) is 1. The van der Waals surface area contributed by atoms with Gasteiger partial charge in [-0.2, -0.15) is 5.10 Å². The van der Waals surface area contributed by atoms with Gasteiger partial charge in [0.1, 0.15) is 0 Å². The van der Waals surface area contributed by atoms with Crippen molar-refractivity contribution in [2.24, 2.45) is 5.92 Å². The smallest absolute Gasteiger partial charge is 0.238 e. The van der Waals surface area contributed by atoms with Crippen LogP contribution in [0, 0.1) is 5.92 Å². The summed E-state index contributed by atoms with van der Waals surface area (Å²) in [5.41, 5.74) is 7.49. The highest BCUT2D eigenvalue weighted by atomic mass is 16.2. The topological polar surface area (TPSA) is 52.2 Å². The lowest BCUT2D eigenvalue weighted by Crippen LogP contribution is -2.34.